The molecule has 0 bridgehead atoms. The van der Waals surface area contributed by atoms with Gasteiger partial charge in [0.1, 0.15) is 0 Å². The lowest BCUT2D eigenvalue weighted by atomic mass is 10.1. The molecule has 2 aromatic heterocycles. The Morgan fingerprint density at radius 1 is 1.28 bits per heavy atom. The number of anilines is 2. The first-order chi connectivity index (χ1) is 12.1. The van der Waals surface area contributed by atoms with Crippen molar-refractivity contribution in [1.82, 2.24) is 15.0 Å². The molecule has 8 heteroatoms. The van der Waals surface area contributed by atoms with Crippen LogP contribution in [-0.4, -0.2) is 34.7 Å². The van der Waals surface area contributed by atoms with E-state index in [-0.39, 0.29) is 12.0 Å². The lowest BCUT2D eigenvalue weighted by Crippen LogP contribution is -2.20. The van der Waals surface area contributed by atoms with Crippen LogP contribution in [0, 0.1) is 0 Å². The molecule has 6 nitrogen and oxygen atoms in total. The van der Waals surface area contributed by atoms with E-state index in [1.807, 2.05) is 37.3 Å². The van der Waals surface area contributed by atoms with Crippen LogP contribution in [0.25, 0.3) is 21.8 Å². The minimum absolute atomic E-state index is 0.165. The minimum Gasteiger partial charge on any atom is -0.383 e. The van der Waals surface area contributed by atoms with E-state index in [0.717, 1.165) is 15.6 Å². The van der Waals surface area contributed by atoms with E-state index < -0.39 is 0 Å². The number of ether oxygens (including phenoxy) is 1. The van der Waals surface area contributed by atoms with Gasteiger partial charge in [0, 0.05) is 29.9 Å². The SMILES string of the molecule is COCC(C)Nc1ncc(-c2cc(-c3ccccc3Cl)nc(N)n2)s1. The standard InChI is InChI=1S/C17H18ClN5OS/c1-10(9-24-2)21-17-20-8-15(25-17)14-7-13(22-16(19)23-14)11-5-3-4-6-12(11)18/h3-8,10H,9H2,1-2H3,(H,20,21)(H2,19,22,23). The number of aromatic nitrogens is 3. The van der Waals surface area contributed by atoms with Gasteiger partial charge in [-0.05, 0) is 19.1 Å². The fourth-order valence-electron chi connectivity index (χ4n) is 2.36. The van der Waals surface area contributed by atoms with Crippen molar-refractivity contribution in [2.75, 3.05) is 24.8 Å². The second-order valence-corrected chi connectivity index (χ2v) is 6.94. The number of hydrogen-bond donors (Lipinski definition) is 2. The van der Waals surface area contributed by atoms with Gasteiger partial charge in [-0.15, -0.1) is 0 Å². The van der Waals surface area contributed by atoms with Crippen LogP contribution >= 0.6 is 22.9 Å². The van der Waals surface area contributed by atoms with Crippen LogP contribution in [0.15, 0.2) is 36.5 Å². The van der Waals surface area contributed by atoms with Crippen LogP contribution in [0.4, 0.5) is 11.1 Å². The van der Waals surface area contributed by atoms with Crippen LogP contribution < -0.4 is 11.1 Å². The summed E-state index contributed by atoms with van der Waals surface area (Å²) < 4.78 is 5.12. The van der Waals surface area contributed by atoms with Crippen LogP contribution in [0.3, 0.4) is 0 Å². The maximum atomic E-state index is 6.27. The Bertz CT molecular complexity index is 870. The molecule has 3 aromatic rings. The van der Waals surface area contributed by atoms with Gasteiger partial charge in [0.25, 0.3) is 0 Å². The van der Waals surface area contributed by atoms with Crippen molar-refractivity contribution >= 4 is 34.0 Å². The van der Waals surface area contributed by atoms with Crippen molar-refractivity contribution in [3.63, 3.8) is 0 Å². The Morgan fingerprint density at radius 2 is 2.04 bits per heavy atom. The van der Waals surface area contributed by atoms with Gasteiger partial charge < -0.3 is 15.8 Å². The second kappa shape index (κ2) is 7.77. The van der Waals surface area contributed by atoms with Gasteiger partial charge in [-0.1, -0.05) is 41.1 Å². The van der Waals surface area contributed by atoms with Crippen molar-refractivity contribution in [3.05, 3.63) is 41.6 Å². The van der Waals surface area contributed by atoms with Crippen molar-refractivity contribution in [1.29, 1.82) is 0 Å². The number of benzene rings is 1. The summed E-state index contributed by atoms with van der Waals surface area (Å²) in [4.78, 5) is 13.9. The van der Waals surface area contributed by atoms with E-state index in [4.69, 9.17) is 22.1 Å². The summed E-state index contributed by atoms with van der Waals surface area (Å²) in [6, 6.07) is 9.54. The Morgan fingerprint density at radius 3 is 2.80 bits per heavy atom. The highest BCUT2D eigenvalue weighted by Gasteiger charge is 2.13. The molecule has 25 heavy (non-hydrogen) atoms. The van der Waals surface area contributed by atoms with Gasteiger partial charge in [0.2, 0.25) is 5.95 Å². The van der Waals surface area contributed by atoms with E-state index in [1.165, 1.54) is 11.3 Å². The first kappa shape index (κ1) is 17.6. The lowest BCUT2D eigenvalue weighted by molar-refractivity contribution is 0.190. The van der Waals surface area contributed by atoms with Crippen molar-refractivity contribution in [2.45, 2.75) is 13.0 Å². The van der Waals surface area contributed by atoms with Crippen LogP contribution in [0.2, 0.25) is 5.02 Å². The summed E-state index contributed by atoms with van der Waals surface area (Å²) in [6.07, 6.45) is 1.77. The molecule has 1 unspecified atom stereocenters. The third kappa shape index (κ3) is 4.25. The number of nitrogens with zero attached hydrogens (tertiary/aromatic N) is 3. The predicted molar refractivity (Wildman–Crippen MR) is 103 cm³/mol. The predicted octanol–water partition coefficient (Wildman–Crippen LogP) is 3.95. The summed E-state index contributed by atoms with van der Waals surface area (Å²) in [5, 5.41) is 4.71. The Labute approximate surface area is 155 Å². The molecule has 0 radical (unpaired) electrons. The van der Waals surface area contributed by atoms with Gasteiger partial charge in [-0.25, -0.2) is 15.0 Å². The van der Waals surface area contributed by atoms with E-state index in [9.17, 15) is 0 Å². The molecular weight excluding hydrogens is 358 g/mol. The van der Waals surface area contributed by atoms with E-state index >= 15 is 0 Å². The van der Waals surface area contributed by atoms with Crippen molar-refractivity contribution in [2.24, 2.45) is 0 Å². The number of thiazole rings is 1. The zero-order valence-electron chi connectivity index (χ0n) is 13.9. The summed E-state index contributed by atoms with van der Waals surface area (Å²) >= 11 is 7.77. The third-order valence-corrected chi connectivity index (χ3v) is 4.72. The molecule has 0 aliphatic rings. The molecule has 0 aliphatic heterocycles. The quantitative estimate of drug-likeness (QED) is 0.678. The molecule has 0 amide bonds. The first-order valence-corrected chi connectivity index (χ1v) is 8.87. The normalized spacial score (nSPS) is 12.1. The molecule has 1 aromatic carbocycles. The maximum absolute atomic E-state index is 6.27. The number of halogens is 1. The molecule has 3 rings (SSSR count). The second-order valence-electron chi connectivity index (χ2n) is 5.51. The molecule has 0 aliphatic carbocycles. The third-order valence-electron chi connectivity index (χ3n) is 3.44. The number of hydrogen-bond acceptors (Lipinski definition) is 7. The van der Waals surface area contributed by atoms with E-state index in [1.54, 1.807) is 13.3 Å². The van der Waals surface area contributed by atoms with Gasteiger partial charge in [-0.3, -0.25) is 0 Å². The summed E-state index contributed by atoms with van der Waals surface area (Å²) in [5.74, 6) is 0.197. The highest BCUT2D eigenvalue weighted by atomic mass is 35.5. The number of nitrogen functional groups attached to an aromatic ring is 1. The summed E-state index contributed by atoms with van der Waals surface area (Å²) in [7, 11) is 1.67. The Kier molecular flexibility index (Phi) is 5.47. The average molecular weight is 376 g/mol. The zero-order chi connectivity index (χ0) is 17.8. The molecular formula is C17H18ClN5OS. The number of nitrogens with one attached hydrogen (secondary N) is 1. The molecule has 0 saturated heterocycles. The largest absolute Gasteiger partial charge is 0.383 e. The lowest BCUT2D eigenvalue weighted by Gasteiger charge is -2.10. The van der Waals surface area contributed by atoms with Crippen LogP contribution in [0.5, 0.6) is 0 Å². The molecule has 0 spiro atoms. The number of methoxy groups -OCH3 is 1. The molecule has 0 fully saturated rings. The molecule has 3 N–H and O–H groups in total. The number of rotatable bonds is 6. The van der Waals surface area contributed by atoms with E-state index in [2.05, 4.69) is 20.3 Å². The zero-order valence-corrected chi connectivity index (χ0v) is 15.4. The Balaban J connectivity index is 1.91. The van der Waals surface area contributed by atoms with E-state index in [0.29, 0.717) is 23.0 Å². The Hall–Kier alpha value is -2.22. The van der Waals surface area contributed by atoms with Gasteiger partial charge in [0.15, 0.2) is 5.13 Å². The molecule has 130 valence electrons. The molecule has 1 atom stereocenters. The van der Waals surface area contributed by atoms with Crippen molar-refractivity contribution in [3.8, 4) is 21.8 Å². The topological polar surface area (TPSA) is 86.0 Å². The first-order valence-electron chi connectivity index (χ1n) is 7.68. The smallest absolute Gasteiger partial charge is 0.221 e. The summed E-state index contributed by atoms with van der Waals surface area (Å²) in [5.41, 5.74) is 8.11. The van der Waals surface area contributed by atoms with Gasteiger partial charge in [0.05, 0.1) is 22.9 Å². The maximum Gasteiger partial charge on any atom is 0.221 e. The molecule has 2 heterocycles. The fraction of sp³-hybridized carbons (Fsp3) is 0.235. The minimum atomic E-state index is 0.165. The van der Waals surface area contributed by atoms with Gasteiger partial charge >= 0.3 is 0 Å². The van der Waals surface area contributed by atoms with Crippen LogP contribution in [0.1, 0.15) is 6.92 Å². The van der Waals surface area contributed by atoms with Gasteiger partial charge in [-0.2, -0.15) is 0 Å². The summed E-state index contributed by atoms with van der Waals surface area (Å²) in [6.45, 7) is 2.63. The highest BCUT2D eigenvalue weighted by molar-refractivity contribution is 7.18. The average Bonchev–Trinajstić information content (AvgIpc) is 3.03. The van der Waals surface area contributed by atoms with Crippen LogP contribution in [-0.2, 0) is 4.74 Å². The monoisotopic (exact) mass is 375 g/mol. The van der Waals surface area contributed by atoms with Crippen molar-refractivity contribution < 1.29 is 4.74 Å². The highest BCUT2D eigenvalue weighted by Crippen LogP contribution is 2.32. The fourth-order valence-corrected chi connectivity index (χ4v) is 3.48. The molecule has 0 saturated carbocycles. The number of nitrogens with two attached hydrogens (primary N) is 1.